The molecule has 4 rings (SSSR count). The van der Waals surface area contributed by atoms with E-state index in [0.717, 1.165) is 5.56 Å². The molecule has 0 aliphatic heterocycles. The topological polar surface area (TPSA) is 83.5 Å². The Morgan fingerprint density at radius 1 is 0.862 bits per heavy atom. The van der Waals surface area contributed by atoms with Crippen LogP contribution >= 0.6 is 0 Å². The van der Waals surface area contributed by atoms with Gasteiger partial charge in [0.15, 0.2) is 5.78 Å². The Bertz CT molecular complexity index is 1140. The monoisotopic (exact) mass is 407 g/mol. The van der Waals surface area contributed by atoms with Gasteiger partial charge in [-0.3, -0.25) is 4.79 Å². The van der Waals surface area contributed by atoms with Crippen LogP contribution in [-0.2, 0) is 10.0 Å². The Morgan fingerprint density at radius 2 is 1.45 bits per heavy atom. The van der Waals surface area contributed by atoms with Gasteiger partial charge in [0.25, 0.3) is 0 Å². The van der Waals surface area contributed by atoms with Gasteiger partial charge in [0.05, 0.1) is 23.0 Å². The highest BCUT2D eigenvalue weighted by atomic mass is 32.2. The summed E-state index contributed by atoms with van der Waals surface area (Å²) >= 11 is 0. The van der Waals surface area contributed by atoms with Crippen LogP contribution in [0.5, 0.6) is 0 Å². The van der Waals surface area contributed by atoms with Crippen molar-refractivity contribution in [3.8, 4) is 0 Å². The van der Waals surface area contributed by atoms with Crippen LogP contribution < -0.4 is 4.72 Å². The van der Waals surface area contributed by atoms with E-state index in [9.17, 15) is 18.3 Å². The predicted octanol–water partition coefficient (Wildman–Crippen LogP) is 3.56. The average Bonchev–Trinajstić information content (AvgIpc) is 3.00. The number of benzene rings is 3. The number of carbonyl (C=O) groups is 1. The molecule has 5 nitrogen and oxygen atoms in total. The first-order chi connectivity index (χ1) is 13.9. The van der Waals surface area contributed by atoms with E-state index >= 15 is 0 Å². The summed E-state index contributed by atoms with van der Waals surface area (Å²) in [7, 11) is -3.89. The van der Waals surface area contributed by atoms with Gasteiger partial charge in [-0.25, -0.2) is 13.1 Å². The molecule has 0 heterocycles. The maximum Gasteiger partial charge on any atom is 0.241 e. The summed E-state index contributed by atoms with van der Waals surface area (Å²) in [6.07, 6.45) is -1.09. The molecule has 6 heteroatoms. The number of aliphatic hydroxyl groups is 1. The number of Topliss-reactive ketones (excluding diaryl/α,β-unsaturated/α-hetero) is 1. The molecule has 148 valence electrons. The van der Waals surface area contributed by atoms with Crippen LogP contribution in [0.4, 0.5) is 0 Å². The molecule has 0 saturated carbocycles. The van der Waals surface area contributed by atoms with Crippen molar-refractivity contribution in [3.63, 3.8) is 0 Å². The zero-order valence-electron chi connectivity index (χ0n) is 15.8. The molecule has 29 heavy (non-hydrogen) atoms. The lowest BCUT2D eigenvalue weighted by atomic mass is 9.90. The van der Waals surface area contributed by atoms with Crippen LogP contribution in [0.1, 0.15) is 39.2 Å². The minimum Gasteiger partial charge on any atom is -0.388 e. The maximum atomic E-state index is 13.2. The van der Waals surface area contributed by atoms with Gasteiger partial charge in [0, 0.05) is 5.56 Å². The second kappa shape index (κ2) is 7.55. The van der Waals surface area contributed by atoms with E-state index in [2.05, 4.69) is 4.72 Å². The van der Waals surface area contributed by atoms with Crippen molar-refractivity contribution < 1.29 is 18.3 Å². The molecular formula is C23H21NO4S. The summed E-state index contributed by atoms with van der Waals surface area (Å²) in [4.78, 5) is 13.3. The molecule has 0 amide bonds. The highest BCUT2D eigenvalue weighted by molar-refractivity contribution is 7.89. The van der Waals surface area contributed by atoms with E-state index in [1.807, 2.05) is 6.92 Å². The molecular weight excluding hydrogens is 386 g/mol. The number of carbonyl (C=O) groups excluding carboxylic acids is 1. The van der Waals surface area contributed by atoms with E-state index in [-0.39, 0.29) is 10.7 Å². The Hall–Kier alpha value is -2.80. The standard InChI is InChI=1S/C23H21NO4S/c1-15-11-13-17(14-12-15)29(27,28)24-21-18-9-5-6-10-19(18)23(26)20(21)22(25)16-7-3-2-4-8-16/h2-14,20-21,23-24,26H,1H3/t20-,21-,23+/m1/s1. The zero-order chi connectivity index (χ0) is 20.6. The van der Waals surface area contributed by atoms with Gasteiger partial charge in [-0.15, -0.1) is 0 Å². The normalized spacial score (nSPS) is 21.0. The van der Waals surface area contributed by atoms with Crippen molar-refractivity contribution in [2.45, 2.75) is 24.0 Å². The van der Waals surface area contributed by atoms with Crippen molar-refractivity contribution in [1.29, 1.82) is 0 Å². The summed E-state index contributed by atoms with van der Waals surface area (Å²) in [5.74, 6) is -1.25. The van der Waals surface area contributed by atoms with E-state index in [0.29, 0.717) is 16.7 Å². The van der Waals surface area contributed by atoms with Gasteiger partial charge in [0.2, 0.25) is 10.0 Å². The number of hydrogen-bond acceptors (Lipinski definition) is 4. The number of aliphatic hydroxyl groups excluding tert-OH is 1. The fraction of sp³-hybridized carbons (Fsp3) is 0.174. The molecule has 1 aliphatic carbocycles. The Kier molecular flexibility index (Phi) is 5.08. The minimum atomic E-state index is -3.89. The van der Waals surface area contributed by atoms with E-state index in [4.69, 9.17) is 0 Å². The van der Waals surface area contributed by atoms with Crippen molar-refractivity contribution in [3.05, 3.63) is 101 Å². The van der Waals surface area contributed by atoms with Crippen LogP contribution in [0.15, 0.2) is 83.8 Å². The summed E-state index contributed by atoms with van der Waals surface area (Å²) in [6.45, 7) is 1.88. The molecule has 0 fully saturated rings. The summed E-state index contributed by atoms with van der Waals surface area (Å²) in [6, 6.07) is 21.3. The van der Waals surface area contributed by atoms with Gasteiger partial charge in [0.1, 0.15) is 0 Å². The van der Waals surface area contributed by atoms with E-state index < -0.39 is 28.1 Å². The molecule has 0 bridgehead atoms. The molecule has 3 aromatic rings. The highest BCUT2D eigenvalue weighted by Crippen LogP contribution is 2.45. The molecule has 3 atom stereocenters. The van der Waals surface area contributed by atoms with Crippen LogP contribution in [0.25, 0.3) is 0 Å². The largest absolute Gasteiger partial charge is 0.388 e. The number of fused-ring (bicyclic) bond motifs is 1. The van der Waals surface area contributed by atoms with Gasteiger partial charge in [-0.2, -0.15) is 0 Å². The summed E-state index contributed by atoms with van der Waals surface area (Å²) < 4.78 is 28.7. The maximum absolute atomic E-state index is 13.2. The quantitative estimate of drug-likeness (QED) is 0.634. The lowest BCUT2D eigenvalue weighted by molar-refractivity contribution is 0.0670. The Labute approximate surface area is 170 Å². The molecule has 2 N–H and O–H groups in total. The molecule has 3 aromatic carbocycles. The second-order valence-electron chi connectivity index (χ2n) is 7.24. The van der Waals surface area contributed by atoms with Gasteiger partial charge >= 0.3 is 0 Å². The van der Waals surface area contributed by atoms with E-state index in [1.54, 1.807) is 66.7 Å². The predicted molar refractivity (Wildman–Crippen MR) is 110 cm³/mol. The van der Waals surface area contributed by atoms with Crippen molar-refractivity contribution in [1.82, 2.24) is 4.72 Å². The first-order valence-electron chi connectivity index (χ1n) is 9.33. The fourth-order valence-electron chi connectivity index (χ4n) is 3.81. The molecule has 0 aromatic heterocycles. The third-order valence-corrected chi connectivity index (χ3v) is 6.78. The first kappa shape index (κ1) is 19.5. The van der Waals surface area contributed by atoms with Crippen LogP contribution in [0.2, 0.25) is 0 Å². The molecule has 1 aliphatic rings. The number of hydrogen-bond donors (Lipinski definition) is 2. The van der Waals surface area contributed by atoms with E-state index in [1.165, 1.54) is 12.1 Å². The molecule has 0 saturated heterocycles. The van der Waals surface area contributed by atoms with Crippen molar-refractivity contribution in [2.75, 3.05) is 0 Å². The first-order valence-corrected chi connectivity index (χ1v) is 10.8. The smallest absolute Gasteiger partial charge is 0.241 e. The second-order valence-corrected chi connectivity index (χ2v) is 8.96. The fourth-order valence-corrected chi connectivity index (χ4v) is 5.05. The Balaban J connectivity index is 1.75. The van der Waals surface area contributed by atoms with Crippen molar-refractivity contribution >= 4 is 15.8 Å². The van der Waals surface area contributed by atoms with Gasteiger partial charge in [-0.05, 0) is 30.2 Å². The van der Waals surface area contributed by atoms with Crippen LogP contribution in [0.3, 0.4) is 0 Å². The van der Waals surface area contributed by atoms with Crippen molar-refractivity contribution in [2.24, 2.45) is 5.92 Å². The number of rotatable bonds is 5. The third kappa shape index (κ3) is 3.62. The molecule has 0 radical (unpaired) electrons. The number of ketones is 1. The Morgan fingerprint density at radius 3 is 2.10 bits per heavy atom. The van der Waals surface area contributed by atoms with Gasteiger partial charge in [-0.1, -0.05) is 72.3 Å². The number of aryl methyl sites for hydroxylation is 1. The lowest BCUT2D eigenvalue weighted by Gasteiger charge is -2.23. The SMILES string of the molecule is Cc1ccc(S(=O)(=O)N[C@@H]2c3ccccc3[C@H](O)[C@H]2C(=O)c2ccccc2)cc1. The highest BCUT2D eigenvalue weighted by Gasteiger charge is 2.45. The minimum absolute atomic E-state index is 0.118. The number of sulfonamides is 1. The summed E-state index contributed by atoms with van der Waals surface area (Å²) in [5.41, 5.74) is 2.56. The number of nitrogens with one attached hydrogen (secondary N) is 1. The molecule has 0 unspecified atom stereocenters. The average molecular weight is 407 g/mol. The lowest BCUT2D eigenvalue weighted by Crippen LogP contribution is -2.35. The van der Waals surface area contributed by atoms with Gasteiger partial charge < -0.3 is 5.11 Å². The third-order valence-electron chi connectivity index (χ3n) is 5.32. The molecule has 0 spiro atoms. The van der Waals surface area contributed by atoms with Crippen LogP contribution in [-0.4, -0.2) is 19.3 Å². The summed E-state index contributed by atoms with van der Waals surface area (Å²) in [5, 5.41) is 10.9. The van der Waals surface area contributed by atoms with Crippen LogP contribution in [0, 0.1) is 12.8 Å². The zero-order valence-corrected chi connectivity index (χ0v) is 16.6.